The first-order valence-corrected chi connectivity index (χ1v) is 12.5. The van der Waals surface area contributed by atoms with Crippen LogP contribution in [0.15, 0.2) is 30.3 Å². The number of ketones is 1. The van der Waals surface area contributed by atoms with E-state index in [2.05, 4.69) is 0 Å². The number of allylic oxidation sites excluding steroid dienone is 2. The summed E-state index contributed by atoms with van der Waals surface area (Å²) in [6.45, 7) is 12.2. The van der Waals surface area contributed by atoms with Gasteiger partial charge in [0.2, 0.25) is 11.8 Å². The maximum absolute atomic E-state index is 13.7. The zero-order chi connectivity index (χ0) is 24.2. The van der Waals surface area contributed by atoms with Crippen LogP contribution in [0.5, 0.6) is 0 Å². The number of piperidine rings is 1. The van der Waals surface area contributed by atoms with Crippen LogP contribution in [0.25, 0.3) is 5.57 Å². The topological polar surface area (TPSA) is 57.7 Å². The van der Waals surface area contributed by atoms with Gasteiger partial charge in [0.1, 0.15) is 6.04 Å². The molecule has 0 aliphatic carbocycles. The Morgan fingerprint density at radius 3 is 2.24 bits per heavy atom. The molecule has 2 aliphatic heterocycles. The summed E-state index contributed by atoms with van der Waals surface area (Å²) in [7, 11) is 0. The van der Waals surface area contributed by atoms with Crippen LogP contribution in [0, 0.1) is 18.3 Å². The molecule has 0 N–H and O–H groups in total. The van der Waals surface area contributed by atoms with E-state index in [1.807, 2.05) is 63.8 Å². The summed E-state index contributed by atoms with van der Waals surface area (Å²) in [5.74, 6) is -0.457. The number of carbonyl (C=O) groups excluding carboxylic acids is 3. The maximum atomic E-state index is 13.7. The first kappa shape index (κ1) is 25.2. The quantitative estimate of drug-likeness (QED) is 0.569. The number of likely N-dealkylation sites (tertiary alicyclic amines) is 2. The van der Waals surface area contributed by atoms with Crippen molar-refractivity contribution in [1.82, 2.24) is 9.80 Å². The maximum Gasteiger partial charge on any atom is 0.245 e. The van der Waals surface area contributed by atoms with Crippen molar-refractivity contribution in [3.05, 3.63) is 41.5 Å². The van der Waals surface area contributed by atoms with Crippen LogP contribution in [0.2, 0.25) is 0 Å². The van der Waals surface area contributed by atoms with Gasteiger partial charge in [-0.1, -0.05) is 50.6 Å². The molecular weight excluding hydrogens is 412 g/mol. The molecule has 0 radical (unpaired) electrons. The minimum Gasteiger partial charge on any atom is -0.341 e. The number of rotatable bonds is 6. The number of hydrogen-bond donors (Lipinski definition) is 0. The largest absolute Gasteiger partial charge is 0.341 e. The molecule has 33 heavy (non-hydrogen) atoms. The lowest BCUT2D eigenvalue weighted by Crippen LogP contribution is -2.52. The Labute approximate surface area is 199 Å². The van der Waals surface area contributed by atoms with Crippen molar-refractivity contribution in [3.8, 4) is 0 Å². The fourth-order valence-electron chi connectivity index (χ4n) is 4.98. The second-order valence-electron chi connectivity index (χ2n) is 10.9. The van der Waals surface area contributed by atoms with Gasteiger partial charge in [-0.05, 0) is 68.6 Å². The molecule has 3 rings (SSSR count). The molecule has 0 spiro atoms. The second kappa shape index (κ2) is 10.7. The minimum atomic E-state index is -0.457. The summed E-state index contributed by atoms with van der Waals surface area (Å²) in [6, 6.07) is 7.72. The fraction of sp³-hybridized carbons (Fsp3) is 0.607. The van der Waals surface area contributed by atoms with Gasteiger partial charge in [0.05, 0.1) is 5.92 Å². The Hall–Kier alpha value is -2.43. The van der Waals surface area contributed by atoms with Crippen LogP contribution in [0.4, 0.5) is 0 Å². The molecule has 0 bridgehead atoms. The summed E-state index contributed by atoms with van der Waals surface area (Å²) in [5.41, 5.74) is 2.72. The van der Waals surface area contributed by atoms with E-state index in [0.717, 1.165) is 49.9 Å². The highest BCUT2D eigenvalue weighted by atomic mass is 16.2. The lowest BCUT2D eigenvalue weighted by atomic mass is 9.76. The fourth-order valence-corrected chi connectivity index (χ4v) is 4.98. The van der Waals surface area contributed by atoms with Crippen molar-refractivity contribution in [2.45, 2.75) is 79.2 Å². The SMILES string of the molecule is C/C(=C\C(=O)C[C@H](C(=O)N1CCC[C@H]1C(=O)N1CCCCC1)C(C)(C)C)c1ccc(C)cc1. The number of amides is 2. The Bertz CT molecular complexity index is 889. The van der Waals surface area contributed by atoms with E-state index in [1.165, 1.54) is 12.0 Å². The smallest absolute Gasteiger partial charge is 0.245 e. The highest BCUT2D eigenvalue weighted by Crippen LogP contribution is 2.34. The summed E-state index contributed by atoms with van der Waals surface area (Å²) in [6.07, 6.45) is 6.63. The third kappa shape index (κ3) is 6.33. The van der Waals surface area contributed by atoms with Crippen LogP contribution in [0.3, 0.4) is 0 Å². The lowest BCUT2D eigenvalue weighted by molar-refractivity contribution is -0.149. The molecule has 0 aromatic heterocycles. The van der Waals surface area contributed by atoms with Crippen molar-refractivity contribution in [3.63, 3.8) is 0 Å². The van der Waals surface area contributed by atoms with Crippen LogP contribution in [-0.2, 0) is 14.4 Å². The highest BCUT2D eigenvalue weighted by Gasteiger charge is 2.42. The van der Waals surface area contributed by atoms with Crippen molar-refractivity contribution >= 4 is 23.2 Å². The summed E-state index contributed by atoms with van der Waals surface area (Å²) in [5, 5.41) is 0. The molecular formula is C28H40N2O3. The zero-order valence-corrected chi connectivity index (χ0v) is 21.0. The van der Waals surface area contributed by atoms with Gasteiger partial charge in [-0.25, -0.2) is 0 Å². The average Bonchev–Trinajstić information content (AvgIpc) is 3.26. The third-order valence-corrected chi connectivity index (χ3v) is 7.12. The molecule has 2 fully saturated rings. The zero-order valence-electron chi connectivity index (χ0n) is 21.0. The van der Waals surface area contributed by atoms with E-state index in [0.29, 0.717) is 6.54 Å². The third-order valence-electron chi connectivity index (χ3n) is 7.12. The molecule has 5 heteroatoms. The Balaban J connectivity index is 1.74. The molecule has 5 nitrogen and oxygen atoms in total. The van der Waals surface area contributed by atoms with Crippen molar-refractivity contribution in [1.29, 1.82) is 0 Å². The number of carbonyl (C=O) groups is 3. The molecule has 2 amide bonds. The van der Waals surface area contributed by atoms with Gasteiger partial charge in [0.25, 0.3) is 0 Å². The Morgan fingerprint density at radius 2 is 1.64 bits per heavy atom. The van der Waals surface area contributed by atoms with E-state index in [1.54, 1.807) is 11.0 Å². The van der Waals surface area contributed by atoms with Crippen LogP contribution in [-0.4, -0.2) is 53.1 Å². The van der Waals surface area contributed by atoms with Crippen molar-refractivity contribution < 1.29 is 14.4 Å². The van der Waals surface area contributed by atoms with Crippen LogP contribution < -0.4 is 0 Å². The number of aryl methyl sites for hydroxylation is 1. The number of nitrogens with zero attached hydrogens (tertiary/aromatic N) is 2. The van der Waals surface area contributed by atoms with Crippen LogP contribution in [0.1, 0.15) is 77.3 Å². The van der Waals surface area contributed by atoms with Crippen LogP contribution >= 0.6 is 0 Å². The lowest BCUT2D eigenvalue weighted by Gasteiger charge is -2.37. The van der Waals surface area contributed by atoms with Gasteiger partial charge < -0.3 is 9.80 Å². The molecule has 0 unspecified atom stereocenters. The molecule has 180 valence electrons. The molecule has 2 saturated heterocycles. The molecule has 2 heterocycles. The minimum absolute atomic E-state index is 0.0422. The predicted molar refractivity (Wildman–Crippen MR) is 133 cm³/mol. The number of benzene rings is 1. The molecule has 2 aliphatic rings. The van der Waals surface area contributed by atoms with Gasteiger partial charge in [-0.3, -0.25) is 14.4 Å². The first-order chi connectivity index (χ1) is 15.6. The Kier molecular flexibility index (Phi) is 8.14. The molecule has 0 saturated carbocycles. The summed E-state index contributed by atoms with van der Waals surface area (Å²) >= 11 is 0. The van der Waals surface area contributed by atoms with Gasteiger partial charge in [-0.15, -0.1) is 0 Å². The van der Waals surface area contributed by atoms with E-state index < -0.39 is 5.92 Å². The molecule has 2 atom stereocenters. The Morgan fingerprint density at radius 1 is 1.00 bits per heavy atom. The molecule has 1 aromatic carbocycles. The normalized spacial score (nSPS) is 20.6. The van der Waals surface area contributed by atoms with E-state index in [4.69, 9.17) is 0 Å². The van der Waals surface area contributed by atoms with Crippen molar-refractivity contribution in [2.24, 2.45) is 11.3 Å². The highest BCUT2D eigenvalue weighted by molar-refractivity contribution is 5.99. The summed E-state index contributed by atoms with van der Waals surface area (Å²) < 4.78 is 0. The summed E-state index contributed by atoms with van der Waals surface area (Å²) in [4.78, 5) is 43.6. The standard InChI is InChI=1S/C28H40N2O3/c1-20-11-13-22(14-12-20)21(2)18-23(31)19-24(28(3,4)5)26(32)30-17-9-10-25(30)27(33)29-15-7-6-8-16-29/h11-14,18,24-25H,6-10,15-17,19H2,1-5H3/b21-18+/t24-,25+/m1/s1. The van der Waals surface area contributed by atoms with Gasteiger partial charge >= 0.3 is 0 Å². The van der Waals surface area contributed by atoms with E-state index in [-0.39, 0.29) is 35.5 Å². The van der Waals surface area contributed by atoms with E-state index in [9.17, 15) is 14.4 Å². The second-order valence-corrected chi connectivity index (χ2v) is 10.9. The number of hydrogen-bond acceptors (Lipinski definition) is 3. The van der Waals surface area contributed by atoms with Crippen molar-refractivity contribution in [2.75, 3.05) is 19.6 Å². The van der Waals surface area contributed by atoms with Gasteiger partial charge in [0, 0.05) is 26.1 Å². The monoisotopic (exact) mass is 452 g/mol. The van der Waals surface area contributed by atoms with Gasteiger partial charge in [-0.2, -0.15) is 0 Å². The molecule has 1 aromatic rings. The first-order valence-electron chi connectivity index (χ1n) is 12.5. The average molecular weight is 453 g/mol. The van der Waals surface area contributed by atoms with E-state index >= 15 is 0 Å². The predicted octanol–water partition coefficient (Wildman–Crippen LogP) is 5.02. The van der Waals surface area contributed by atoms with Gasteiger partial charge in [0.15, 0.2) is 5.78 Å².